The van der Waals surface area contributed by atoms with Gasteiger partial charge in [-0.3, -0.25) is 11.3 Å². The van der Waals surface area contributed by atoms with E-state index in [0.29, 0.717) is 0 Å². The van der Waals surface area contributed by atoms with Gasteiger partial charge in [0.25, 0.3) is 0 Å². The Bertz CT molecular complexity index is 303. The molecule has 0 aliphatic carbocycles. The van der Waals surface area contributed by atoms with Crippen molar-refractivity contribution in [1.29, 1.82) is 0 Å². The number of nitrogens with two attached hydrogens (primary N) is 1. The maximum Gasteiger partial charge on any atom is 0.0481 e. The fourth-order valence-electron chi connectivity index (χ4n) is 1.62. The first kappa shape index (κ1) is 14.9. The minimum absolute atomic E-state index is 0.284. The third-order valence-electron chi connectivity index (χ3n) is 2.59. The maximum absolute atomic E-state index is 5.56. The predicted octanol–water partition coefficient (Wildman–Crippen LogP) is 2.48. The summed E-state index contributed by atoms with van der Waals surface area (Å²) in [5, 5.41) is 0. The molecule has 0 amide bonds. The number of ether oxygens (including phenoxy) is 1. The van der Waals surface area contributed by atoms with Crippen LogP contribution in [0, 0.1) is 3.57 Å². The van der Waals surface area contributed by atoms with Crippen molar-refractivity contribution in [2.75, 3.05) is 13.2 Å². The highest BCUT2D eigenvalue weighted by molar-refractivity contribution is 14.1. The van der Waals surface area contributed by atoms with Crippen LogP contribution >= 0.6 is 22.6 Å². The number of halogens is 1. The monoisotopic (exact) mass is 348 g/mol. The van der Waals surface area contributed by atoms with Crippen LogP contribution in [0.1, 0.15) is 25.3 Å². The van der Waals surface area contributed by atoms with Gasteiger partial charge in [0.05, 0.1) is 0 Å². The molecule has 0 fully saturated rings. The molecule has 0 bridgehead atoms. The molecular weight excluding hydrogens is 327 g/mol. The van der Waals surface area contributed by atoms with Crippen molar-refractivity contribution in [2.45, 2.75) is 32.2 Å². The summed E-state index contributed by atoms with van der Waals surface area (Å²) in [6.45, 7) is 3.72. The Labute approximate surface area is 117 Å². The van der Waals surface area contributed by atoms with E-state index in [1.54, 1.807) is 0 Å². The van der Waals surface area contributed by atoms with E-state index in [2.05, 4.69) is 59.2 Å². The number of benzene rings is 1. The lowest BCUT2D eigenvalue weighted by atomic mass is 10.0. The summed E-state index contributed by atoms with van der Waals surface area (Å²) in [7, 11) is 0. The molecule has 1 atom stereocenters. The number of hydrogen-bond donors (Lipinski definition) is 2. The van der Waals surface area contributed by atoms with E-state index in [1.807, 2.05) is 0 Å². The molecule has 0 aliphatic heterocycles. The van der Waals surface area contributed by atoms with E-state index < -0.39 is 0 Å². The molecule has 1 aromatic carbocycles. The first-order valence-electron chi connectivity index (χ1n) is 6.04. The smallest absolute Gasteiger partial charge is 0.0481 e. The van der Waals surface area contributed by atoms with E-state index in [9.17, 15) is 0 Å². The van der Waals surface area contributed by atoms with Gasteiger partial charge in [0, 0.05) is 22.8 Å². The lowest BCUT2D eigenvalue weighted by Crippen LogP contribution is -2.37. The van der Waals surface area contributed by atoms with Crippen LogP contribution in [0.3, 0.4) is 0 Å². The average Bonchev–Trinajstić information content (AvgIpc) is 2.35. The Morgan fingerprint density at radius 2 is 2.00 bits per heavy atom. The van der Waals surface area contributed by atoms with E-state index in [0.717, 1.165) is 32.5 Å². The first-order chi connectivity index (χ1) is 8.26. The van der Waals surface area contributed by atoms with Crippen LogP contribution in [0.4, 0.5) is 0 Å². The maximum atomic E-state index is 5.56. The van der Waals surface area contributed by atoms with Gasteiger partial charge in [-0.2, -0.15) is 0 Å². The number of nitrogens with one attached hydrogen (secondary N) is 1. The number of hydrogen-bond acceptors (Lipinski definition) is 3. The van der Waals surface area contributed by atoms with Crippen molar-refractivity contribution in [1.82, 2.24) is 5.43 Å². The quantitative estimate of drug-likeness (QED) is 0.328. The topological polar surface area (TPSA) is 47.3 Å². The fraction of sp³-hybridized carbons (Fsp3) is 0.538. The zero-order chi connectivity index (χ0) is 12.5. The summed E-state index contributed by atoms with van der Waals surface area (Å²) in [5.41, 5.74) is 4.17. The summed E-state index contributed by atoms with van der Waals surface area (Å²) in [6.07, 6.45) is 2.96. The minimum Gasteiger partial charge on any atom is -0.381 e. The Morgan fingerprint density at radius 3 is 2.59 bits per heavy atom. The summed E-state index contributed by atoms with van der Waals surface area (Å²) in [6, 6.07) is 8.83. The number of rotatable bonds is 8. The van der Waals surface area contributed by atoms with Crippen LogP contribution in [-0.2, 0) is 11.2 Å². The number of hydrazine groups is 1. The molecule has 1 rings (SSSR count). The van der Waals surface area contributed by atoms with Crippen LogP contribution < -0.4 is 11.3 Å². The summed E-state index contributed by atoms with van der Waals surface area (Å²) in [4.78, 5) is 0. The predicted molar refractivity (Wildman–Crippen MR) is 79.7 cm³/mol. The van der Waals surface area contributed by atoms with Crippen molar-refractivity contribution in [3.8, 4) is 0 Å². The van der Waals surface area contributed by atoms with Crippen LogP contribution in [0.5, 0.6) is 0 Å². The summed E-state index contributed by atoms with van der Waals surface area (Å²) < 4.78 is 6.73. The second-order valence-electron chi connectivity index (χ2n) is 4.10. The third-order valence-corrected chi connectivity index (χ3v) is 3.31. The second kappa shape index (κ2) is 8.85. The summed E-state index contributed by atoms with van der Waals surface area (Å²) in [5.74, 6) is 5.56. The molecule has 3 N–H and O–H groups in total. The van der Waals surface area contributed by atoms with E-state index in [1.165, 1.54) is 9.13 Å². The van der Waals surface area contributed by atoms with Gasteiger partial charge in [-0.1, -0.05) is 19.1 Å². The molecule has 3 nitrogen and oxygen atoms in total. The zero-order valence-electron chi connectivity index (χ0n) is 10.3. The van der Waals surface area contributed by atoms with Crippen molar-refractivity contribution in [3.63, 3.8) is 0 Å². The van der Waals surface area contributed by atoms with Gasteiger partial charge >= 0.3 is 0 Å². The van der Waals surface area contributed by atoms with Gasteiger partial charge < -0.3 is 4.74 Å². The van der Waals surface area contributed by atoms with Gasteiger partial charge in [0.2, 0.25) is 0 Å². The van der Waals surface area contributed by atoms with Crippen LogP contribution in [0.2, 0.25) is 0 Å². The van der Waals surface area contributed by atoms with Crippen molar-refractivity contribution in [3.05, 3.63) is 33.4 Å². The van der Waals surface area contributed by atoms with Crippen molar-refractivity contribution >= 4 is 22.6 Å². The minimum atomic E-state index is 0.284. The molecule has 0 radical (unpaired) electrons. The molecule has 0 aromatic heterocycles. The van der Waals surface area contributed by atoms with Crippen molar-refractivity contribution < 1.29 is 4.74 Å². The molecule has 0 heterocycles. The standard InChI is InChI=1S/C13H21IN2O/c1-2-8-17-9-7-13(16-15)10-11-3-5-12(14)6-4-11/h3-6,13,16H,2,7-10,15H2,1H3. The van der Waals surface area contributed by atoms with Gasteiger partial charge in [0.1, 0.15) is 0 Å². The Kier molecular flexibility index (Phi) is 7.75. The molecule has 1 unspecified atom stereocenters. The first-order valence-corrected chi connectivity index (χ1v) is 7.12. The Balaban J connectivity index is 2.33. The Hall–Kier alpha value is -0.170. The van der Waals surface area contributed by atoms with Crippen LogP contribution in [0.15, 0.2) is 24.3 Å². The van der Waals surface area contributed by atoms with Crippen LogP contribution in [-0.4, -0.2) is 19.3 Å². The molecule has 96 valence electrons. The van der Waals surface area contributed by atoms with Gasteiger partial charge in [0.15, 0.2) is 0 Å². The van der Waals surface area contributed by atoms with Gasteiger partial charge in [-0.05, 0) is 59.5 Å². The highest BCUT2D eigenvalue weighted by Crippen LogP contribution is 2.10. The fourth-order valence-corrected chi connectivity index (χ4v) is 1.98. The highest BCUT2D eigenvalue weighted by atomic mass is 127. The third kappa shape index (κ3) is 6.35. The molecule has 0 saturated heterocycles. The van der Waals surface area contributed by atoms with E-state index in [4.69, 9.17) is 10.6 Å². The lowest BCUT2D eigenvalue weighted by Gasteiger charge is -2.16. The average molecular weight is 348 g/mol. The molecule has 0 saturated carbocycles. The van der Waals surface area contributed by atoms with Gasteiger partial charge in [-0.15, -0.1) is 0 Å². The summed E-state index contributed by atoms with van der Waals surface area (Å²) >= 11 is 2.31. The van der Waals surface area contributed by atoms with Crippen molar-refractivity contribution in [2.24, 2.45) is 5.84 Å². The molecular formula is C13H21IN2O. The molecule has 4 heteroatoms. The van der Waals surface area contributed by atoms with Crippen LogP contribution in [0.25, 0.3) is 0 Å². The zero-order valence-corrected chi connectivity index (χ0v) is 12.4. The Morgan fingerprint density at radius 1 is 1.29 bits per heavy atom. The second-order valence-corrected chi connectivity index (χ2v) is 5.34. The SMILES string of the molecule is CCCOCCC(Cc1ccc(I)cc1)NN. The largest absolute Gasteiger partial charge is 0.381 e. The molecule has 1 aromatic rings. The van der Waals surface area contributed by atoms with Gasteiger partial charge in [-0.25, -0.2) is 0 Å². The van der Waals surface area contributed by atoms with E-state index in [-0.39, 0.29) is 6.04 Å². The highest BCUT2D eigenvalue weighted by Gasteiger charge is 2.07. The normalized spacial score (nSPS) is 12.6. The molecule has 0 aliphatic rings. The van der Waals surface area contributed by atoms with E-state index >= 15 is 0 Å². The molecule has 0 spiro atoms. The lowest BCUT2D eigenvalue weighted by molar-refractivity contribution is 0.124. The molecule has 17 heavy (non-hydrogen) atoms.